The van der Waals surface area contributed by atoms with Crippen LogP contribution in [0.5, 0.6) is 0 Å². The minimum Gasteiger partial charge on any atom is -0.0620 e. The van der Waals surface area contributed by atoms with E-state index in [1.165, 1.54) is 5.92 Å². The van der Waals surface area contributed by atoms with Crippen molar-refractivity contribution in [3.63, 3.8) is 0 Å². The molecule has 3 saturated carbocycles. The third-order valence-corrected chi connectivity index (χ3v) is 4.84. The van der Waals surface area contributed by atoms with Crippen LogP contribution in [0.15, 0.2) is 0 Å². The second-order valence-corrected chi connectivity index (χ2v) is 5.45. The molecule has 0 spiro atoms. The number of hydrogen-bond donors (Lipinski definition) is 0. The first-order chi connectivity index (χ1) is 5.22. The zero-order valence-electron chi connectivity index (χ0n) is 7.64. The van der Waals surface area contributed by atoms with Crippen LogP contribution >= 0.6 is 0 Å². The first-order valence-corrected chi connectivity index (χ1v) is 5.22. The van der Waals surface area contributed by atoms with Gasteiger partial charge in [0.25, 0.3) is 0 Å². The molecule has 0 bridgehead atoms. The Hall–Kier alpha value is 0. The molecule has 0 unspecified atom stereocenters. The van der Waals surface area contributed by atoms with Crippen molar-refractivity contribution in [3.8, 4) is 0 Å². The lowest BCUT2D eigenvalue weighted by Crippen LogP contribution is -2.04. The van der Waals surface area contributed by atoms with Crippen molar-refractivity contribution in [2.45, 2.75) is 39.5 Å². The summed E-state index contributed by atoms with van der Waals surface area (Å²) >= 11 is 0. The Kier molecular flexibility index (Phi) is 0.990. The van der Waals surface area contributed by atoms with Crippen molar-refractivity contribution in [3.05, 3.63) is 0 Å². The van der Waals surface area contributed by atoms with Crippen LogP contribution in [0.2, 0.25) is 0 Å². The van der Waals surface area contributed by atoms with Crippen LogP contribution in [0.1, 0.15) is 39.5 Å². The lowest BCUT2D eigenvalue weighted by atomic mass is 9.92. The molecule has 3 aliphatic carbocycles. The Morgan fingerprint density at radius 3 is 2.36 bits per heavy atom. The fourth-order valence-electron chi connectivity index (χ4n) is 3.51. The van der Waals surface area contributed by atoms with Gasteiger partial charge >= 0.3 is 0 Å². The molecule has 3 fully saturated rings. The summed E-state index contributed by atoms with van der Waals surface area (Å²) in [4.78, 5) is 0. The second-order valence-electron chi connectivity index (χ2n) is 5.45. The van der Waals surface area contributed by atoms with E-state index < -0.39 is 0 Å². The van der Waals surface area contributed by atoms with Crippen LogP contribution in [0, 0.1) is 29.1 Å². The van der Waals surface area contributed by atoms with E-state index in [0.29, 0.717) is 0 Å². The maximum Gasteiger partial charge on any atom is -0.0266 e. The van der Waals surface area contributed by atoms with E-state index in [9.17, 15) is 0 Å². The van der Waals surface area contributed by atoms with Crippen molar-refractivity contribution < 1.29 is 0 Å². The van der Waals surface area contributed by atoms with E-state index in [0.717, 1.165) is 23.2 Å². The molecular formula is C11H18. The van der Waals surface area contributed by atoms with Gasteiger partial charge in [-0.3, -0.25) is 0 Å². The topological polar surface area (TPSA) is 0 Å². The highest BCUT2D eigenvalue weighted by atomic mass is 14.7. The summed E-state index contributed by atoms with van der Waals surface area (Å²) < 4.78 is 0. The largest absolute Gasteiger partial charge is 0.0620 e. The highest BCUT2D eigenvalue weighted by Gasteiger charge is 2.64. The van der Waals surface area contributed by atoms with E-state index in [-0.39, 0.29) is 0 Å². The number of hydrogen-bond acceptors (Lipinski definition) is 0. The monoisotopic (exact) mass is 150 g/mol. The van der Waals surface area contributed by atoms with Crippen molar-refractivity contribution >= 4 is 0 Å². The summed E-state index contributed by atoms with van der Waals surface area (Å²) in [6, 6.07) is 0. The van der Waals surface area contributed by atoms with Crippen LogP contribution < -0.4 is 0 Å². The third-order valence-electron chi connectivity index (χ3n) is 4.84. The molecule has 0 nitrogen and oxygen atoms in total. The summed E-state index contributed by atoms with van der Waals surface area (Å²) in [5, 5.41) is 0. The second kappa shape index (κ2) is 1.67. The molecule has 0 heterocycles. The van der Waals surface area contributed by atoms with Gasteiger partial charge in [-0.15, -0.1) is 0 Å². The van der Waals surface area contributed by atoms with Crippen LogP contribution in [0.25, 0.3) is 0 Å². The molecule has 0 N–H and O–H groups in total. The molecule has 0 saturated heterocycles. The van der Waals surface area contributed by atoms with Gasteiger partial charge in [0, 0.05) is 0 Å². The molecule has 0 amide bonds. The normalized spacial score (nSPS) is 61.1. The Labute approximate surface area is 69.4 Å². The first kappa shape index (κ1) is 6.51. The van der Waals surface area contributed by atoms with Crippen LogP contribution in [0.4, 0.5) is 0 Å². The SMILES string of the molecule is C[C@H]1C[C@H](C2CC2)[C@H]2C[C@@]21C. The van der Waals surface area contributed by atoms with Crippen LogP contribution in [-0.4, -0.2) is 0 Å². The van der Waals surface area contributed by atoms with E-state index >= 15 is 0 Å². The molecular weight excluding hydrogens is 132 g/mol. The van der Waals surface area contributed by atoms with Gasteiger partial charge in [-0.2, -0.15) is 0 Å². The molecule has 0 aromatic carbocycles. The summed E-state index contributed by atoms with van der Waals surface area (Å²) in [5.74, 6) is 4.53. The first-order valence-electron chi connectivity index (χ1n) is 5.22. The average Bonchev–Trinajstić information content (AvgIpc) is 2.77. The molecule has 3 aliphatic rings. The highest BCUT2D eigenvalue weighted by Crippen LogP contribution is 2.71. The Morgan fingerprint density at radius 1 is 1.27 bits per heavy atom. The predicted molar refractivity (Wildman–Crippen MR) is 46.2 cm³/mol. The molecule has 62 valence electrons. The van der Waals surface area contributed by atoms with E-state index in [1.54, 1.807) is 25.7 Å². The van der Waals surface area contributed by atoms with Crippen molar-refractivity contribution in [2.75, 3.05) is 0 Å². The fourth-order valence-corrected chi connectivity index (χ4v) is 3.51. The van der Waals surface area contributed by atoms with Gasteiger partial charge in [-0.1, -0.05) is 13.8 Å². The van der Waals surface area contributed by atoms with Gasteiger partial charge in [0.05, 0.1) is 0 Å². The molecule has 0 aliphatic heterocycles. The molecule has 0 aromatic heterocycles. The number of rotatable bonds is 1. The maximum atomic E-state index is 2.52. The minimum absolute atomic E-state index is 0.813. The molecule has 11 heavy (non-hydrogen) atoms. The summed E-state index contributed by atoms with van der Waals surface area (Å²) in [6.07, 6.45) is 6.25. The number of fused-ring (bicyclic) bond motifs is 1. The van der Waals surface area contributed by atoms with Gasteiger partial charge in [0.2, 0.25) is 0 Å². The lowest BCUT2D eigenvalue weighted by Gasteiger charge is -2.13. The van der Waals surface area contributed by atoms with Gasteiger partial charge in [0.1, 0.15) is 0 Å². The van der Waals surface area contributed by atoms with E-state index in [4.69, 9.17) is 0 Å². The molecule has 4 atom stereocenters. The Bertz CT molecular complexity index is 192. The molecule has 3 rings (SSSR count). The van der Waals surface area contributed by atoms with Crippen LogP contribution in [0.3, 0.4) is 0 Å². The van der Waals surface area contributed by atoms with E-state index in [1.807, 2.05) is 0 Å². The summed E-state index contributed by atoms with van der Waals surface area (Å²) in [5.41, 5.74) is 0.813. The van der Waals surface area contributed by atoms with E-state index in [2.05, 4.69) is 13.8 Å². The Morgan fingerprint density at radius 2 is 2.00 bits per heavy atom. The third kappa shape index (κ3) is 0.711. The van der Waals surface area contributed by atoms with Gasteiger partial charge in [-0.25, -0.2) is 0 Å². The smallest absolute Gasteiger partial charge is 0.0266 e. The molecule has 0 aromatic rings. The lowest BCUT2D eigenvalue weighted by molar-refractivity contribution is 0.365. The Balaban J connectivity index is 1.81. The van der Waals surface area contributed by atoms with Crippen molar-refractivity contribution in [1.82, 2.24) is 0 Å². The quantitative estimate of drug-likeness (QED) is 0.539. The fraction of sp³-hybridized carbons (Fsp3) is 1.00. The minimum atomic E-state index is 0.813. The zero-order chi connectivity index (χ0) is 7.64. The average molecular weight is 150 g/mol. The maximum absolute atomic E-state index is 2.52. The van der Waals surface area contributed by atoms with Crippen molar-refractivity contribution in [2.24, 2.45) is 29.1 Å². The van der Waals surface area contributed by atoms with Gasteiger partial charge in [0.15, 0.2) is 0 Å². The highest BCUT2D eigenvalue weighted by molar-refractivity contribution is 5.13. The molecule has 0 heteroatoms. The van der Waals surface area contributed by atoms with Gasteiger partial charge in [-0.05, 0) is 54.8 Å². The van der Waals surface area contributed by atoms with Gasteiger partial charge < -0.3 is 0 Å². The standard InChI is InChI=1S/C11H18/c1-7-5-9(8-3-4-8)10-6-11(7,10)2/h7-10H,3-6H2,1-2H3/t7-,9+,10+,11+/m0/s1. The van der Waals surface area contributed by atoms with Crippen molar-refractivity contribution in [1.29, 1.82) is 0 Å². The van der Waals surface area contributed by atoms with Crippen LogP contribution in [-0.2, 0) is 0 Å². The summed E-state index contributed by atoms with van der Waals surface area (Å²) in [7, 11) is 0. The molecule has 0 radical (unpaired) electrons. The zero-order valence-corrected chi connectivity index (χ0v) is 7.64. The summed E-state index contributed by atoms with van der Waals surface area (Å²) in [6.45, 7) is 4.99. The predicted octanol–water partition coefficient (Wildman–Crippen LogP) is 3.08.